The second-order valence-corrected chi connectivity index (χ2v) is 7.46. The number of nitrogens with zero attached hydrogens (tertiary/aromatic N) is 2. The van der Waals surface area contributed by atoms with Gasteiger partial charge in [0.1, 0.15) is 5.82 Å². The average molecular weight is 380 g/mol. The van der Waals surface area contributed by atoms with E-state index in [1.54, 1.807) is 23.1 Å². The molecular formula is C23H25FN2O2. The molecule has 5 heteroatoms. The summed E-state index contributed by atoms with van der Waals surface area (Å²) in [7, 11) is 0. The van der Waals surface area contributed by atoms with Crippen molar-refractivity contribution in [1.29, 1.82) is 0 Å². The molecule has 1 aliphatic rings. The van der Waals surface area contributed by atoms with Gasteiger partial charge in [-0.25, -0.2) is 4.39 Å². The van der Waals surface area contributed by atoms with Crippen LogP contribution in [0.1, 0.15) is 25.0 Å². The maximum atomic E-state index is 13.7. The maximum absolute atomic E-state index is 13.7. The highest BCUT2D eigenvalue weighted by Crippen LogP contribution is 2.26. The van der Waals surface area contributed by atoms with E-state index < -0.39 is 5.41 Å². The van der Waals surface area contributed by atoms with Crippen molar-refractivity contribution >= 4 is 17.9 Å². The molecule has 0 atom stereocenters. The molecule has 4 nitrogen and oxygen atoms in total. The molecule has 3 rings (SSSR count). The number of hydrogen-bond donors (Lipinski definition) is 0. The van der Waals surface area contributed by atoms with Crippen molar-refractivity contribution in [1.82, 2.24) is 9.80 Å². The van der Waals surface area contributed by atoms with Crippen molar-refractivity contribution in [2.45, 2.75) is 19.3 Å². The van der Waals surface area contributed by atoms with Gasteiger partial charge in [0, 0.05) is 37.8 Å². The van der Waals surface area contributed by atoms with E-state index in [0.29, 0.717) is 31.7 Å². The Balaban J connectivity index is 1.59. The van der Waals surface area contributed by atoms with Crippen LogP contribution in [0.15, 0.2) is 60.7 Å². The second kappa shape index (κ2) is 8.38. The van der Waals surface area contributed by atoms with Gasteiger partial charge in [0.25, 0.3) is 0 Å². The Bertz CT molecular complexity index is 869. The molecule has 0 aliphatic carbocycles. The van der Waals surface area contributed by atoms with Crippen LogP contribution in [0.2, 0.25) is 0 Å². The molecule has 0 unspecified atom stereocenters. The number of hydrogen-bond acceptors (Lipinski definition) is 2. The van der Waals surface area contributed by atoms with E-state index in [-0.39, 0.29) is 17.6 Å². The molecule has 146 valence electrons. The number of amides is 2. The van der Waals surface area contributed by atoms with Crippen molar-refractivity contribution < 1.29 is 14.0 Å². The summed E-state index contributed by atoms with van der Waals surface area (Å²) in [6, 6.07) is 16.1. The fourth-order valence-electron chi connectivity index (χ4n) is 3.38. The van der Waals surface area contributed by atoms with Gasteiger partial charge in [-0.3, -0.25) is 9.59 Å². The molecule has 0 radical (unpaired) electrons. The van der Waals surface area contributed by atoms with Gasteiger partial charge in [-0.1, -0.05) is 48.5 Å². The zero-order valence-electron chi connectivity index (χ0n) is 16.3. The van der Waals surface area contributed by atoms with Gasteiger partial charge in [0.2, 0.25) is 11.8 Å². The average Bonchev–Trinajstić information content (AvgIpc) is 2.73. The van der Waals surface area contributed by atoms with Gasteiger partial charge >= 0.3 is 0 Å². The summed E-state index contributed by atoms with van der Waals surface area (Å²) in [4.78, 5) is 28.9. The molecular weight excluding hydrogens is 355 g/mol. The first-order valence-corrected chi connectivity index (χ1v) is 9.46. The third-order valence-corrected chi connectivity index (χ3v) is 5.22. The first-order chi connectivity index (χ1) is 13.4. The topological polar surface area (TPSA) is 40.6 Å². The van der Waals surface area contributed by atoms with Gasteiger partial charge in [0.05, 0.1) is 5.41 Å². The molecule has 28 heavy (non-hydrogen) atoms. The lowest BCUT2D eigenvalue weighted by atomic mass is 9.83. The van der Waals surface area contributed by atoms with Gasteiger partial charge in [-0.2, -0.15) is 0 Å². The van der Waals surface area contributed by atoms with Crippen molar-refractivity contribution in [2.75, 3.05) is 26.2 Å². The molecule has 1 saturated heterocycles. The fourth-order valence-corrected chi connectivity index (χ4v) is 3.38. The molecule has 0 saturated carbocycles. The van der Waals surface area contributed by atoms with Crippen LogP contribution in [0.25, 0.3) is 6.08 Å². The minimum Gasteiger partial charge on any atom is -0.338 e. The highest BCUT2D eigenvalue weighted by atomic mass is 19.1. The normalized spacial score (nSPS) is 15.1. The number of halogens is 1. The Labute approximate surface area is 165 Å². The molecule has 1 fully saturated rings. The molecule has 1 heterocycles. The molecule has 1 aliphatic heterocycles. The van der Waals surface area contributed by atoms with Gasteiger partial charge in [0.15, 0.2) is 0 Å². The summed E-state index contributed by atoms with van der Waals surface area (Å²) in [6.45, 7) is 5.79. The summed E-state index contributed by atoms with van der Waals surface area (Å²) in [6.07, 6.45) is 2.89. The quantitative estimate of drug-likeness (QED) is 0.762. The lowest BCUT2D eigenvalue weighted by Gasteiger charge is -2.38. The van der Waals surface area contributed by atoms with Crippen LogP contribution in [-0.2, 0) is 15.0 Å². The van der Waals surface area contributed by atoms with Crippen molar-refractivity contribution in [3.8, 4) is 0 Å². The second-order valence-electron chi connectivity index (χ2n) is 7.46. The Morgan fingerprint density at radius 2 is 1.46 bits per heavy atom. The number of piperazine rings is 1. The van der Waals surface area contributed by atoms with E-state index in [1.165, 1.54) is 18.2 Å². The largest absolute Gasteiger partial charge is 0.338 e. The van der Waals surface area contributed by atoms with E-state index in [2.05, 4.69) is 0 Å². The lowest BCUT2D eigenvalue weighted by molar-refractivity contribution is -0.141. The maximum Gasteiger partial charge on any atom is 0.246 e. The summed E-state index contributed by atoms with van der Waals surface area (Å²) in [5, 5.41) is 0. The zero-order valence-corrected chi connectivity index (χ0v) is 16.3. The van der Waals surface area contributed by atoms with E-state index >= 15 is 0 Å². The molecule has 0 N–H and O–H groups in total. The van der Waals surface area contributed by atoms with Crippen LogP contribution in [0.5, 0.6) is 0 Å². The summed E-state index contributed by atoms with van der Waals surface area (Å²) >= 11 is 0. The summed E-state index contributed by atoms with van der Waals surface area (Å²) < 4.78 is 13.7. The third kappa shape index (κ3) is 4.30. The fraction of sp³-hybridized carbons (Fsp3) is 0.304. The van der Waals surface area contributed by atoms with Gasteiger partial charge < -0.3 is 9.80 Å². The number of rotatable bonds is 4. The van der Waals surface area contributed by atoms with E-state index in [4.69, 9.17) is 0 Å². The first kappa shape index (κ1) is 19.8. The molecule has 2 amide bonds. The summed E-state index contributed by atoms with van der Waals surface area (Å²) in [5.41, 5.74) is 0.749. The Morgan fingerprint density at radius 1 is 0.893 bits per heavy atom. The lowest BCUT2D eigenvalue weighted by Crippen LogP contribution is -2.54. The van der Waals surface area contributed by atoms with Crippen LogP contribution >= 0.6 is 0 Å². The minimum absolute atomic E-state index is 0.0627. The van der Waals surface area contributed by atoms with E-state index in [9.17, 15) is 14.0 Å². The first-order valence-electron chi connectivity index (χ1n) is 9.46. The Kier molecular flexibility index (Phi) is 5.93. The number of benzene rings is 2. The molecule has 0 bridgehead atoms. The van der Waals surface area contributed by atoms with Crippen molar-refractivity contribution in [3.05, 3.63) is 77.6 Å². The van der Waals surface area contributed by atoms with E-state index in [0.717, 1.165) is 5.56 Å². The zero-order chi connectivity index (χ0) is 20.1. The van der Waals surface area contributed by atoms with Crippen LogP contribution in [0, 0.1) is 5.82 Å². The Morgan fingerprint density at radius 3 is 2.11 bits per heavy atom. The standard InChI is InChI=1S/C23H25FN2O2/c1-23(2,19-9-4-3-5-10-19)22(28)26-16-14-25(15-17-26)21(27)13-12-18-8-6-7-11-20(18)24/h3-13H,14-17H2,1-2H3/b13-12+. The van der Waals surface area contributed by atoms with Crippen molar-refractivity contribution in [3.63, 3.8) is 0 Å². The summed E-state index contributed by atoms with van der Waals surface area (Å²) in [5.74, 6) is -0.463. The van der Waals surface area contributed by atoms with Gasteiger partial charge in [-0.15, -0.1) is 0 Å². The molecule has 0 spiro atoms. The molecule has 0 aromatic heterocycles. The predicted molar refractivity (Wildman–Crippen MR) is 108 cm³/mol. The predicted octanol–water partition coefficient (Wildman–Crippen LogP) is 3.49. The monoisotopic (exact) mass is 380 g/mol. The van der Waals surface area contributed by atoms with Crippen LogP contribution in [-0.4, -0.2) is 47.8 Å². The number of carbonyl (C=O) groups excluding carboxylic acids is 2. The van der Waals surface area contributed by atoms with Crippen LogP contribution < -0.4 is 0 Å². The Hall–Kier alpha value is -2.95. The number of carbonyl (C=O) groups is 2. The van der Waals surface area contributed by atoms with E-state index in [1.807, 2.05) is 49.1 Å². The van der Waals surface area contributed by atoms with Crippen molar-refractivity contribution in [2.24, 2.45) is 0 Å². The highest BCUT2D eigenvalue weighted by molar-refractivity contribution is 5.92. The SMILES string of the molecule is CC(C)(C(=O)N1CCN(C(=O)/C=C/c2ccccc2F)CC1)c1ccccc1. The van der Waals surface area contributed by atoms with Crippen LogP contribution in [0.3, 0.4) is 0 Å². The third-order valence-electron chi connectivity index (χ3n) is 5.22. The molecule has 2 aromatic carbocycles. The highest BCUT2D eigenvalue weighted by Gasteiger charge is 2.35. The molecule has 2 aromatic rings. The van der Waals surface area contributed by atoms with Gasteiger partial charge in [-0.05, 0) is 31.6 Å². The minimum atomic E-state index is -0.613. The smallest absolute Gasteiger partial charge is 0.246 e. The van der Waals surface area contributed by atoms with Crippen LogP contribution in [0.4, 0.5) is 4.39 Å².